The molecule has 0 spiro atoms. The smallest absolute Gasteiger partial charge is 0.184 e. The third-order valence-corrected chi connectivity index (χ3v) is 2.26. The molecule has 0 aliphatic heterocycles. The zero-order valence-corrected chi connectivity index (χ0v) is 9.83. The lowest BCUT2D eigenvalue weighted by atomic mass is 10.1. The fourth-order valence-electron chi connectivity index (χ4n) is 1.69. The van der Waals surface area contributed by atoms with Crippen molar-refractivity contribution in [3.05, 3.63) is 28.8 Å². The molecule has 0 heterocycles. The Morgan fingerprint density at radius 3 is 2.38 bits per heavy atom. The maximum atomic E-state index is 11.2. The van der Waals surface area contributed by atoms with Gasteiger partial charge in [-0.3, -0.25) is 4.79 Å². The largest absolute Gasteiger partial charge is 0.485 e. The number of nitrogens with zero attached hydrogens (tertiary/aromatic N) is 1. The maximum Gasteiger partial charge on any atom is 0.184 e. The molecular weight excluding hydrogens is 202 g/mol. The monoisotopic (exact) mass is 217 g/mol. The lowest BCUT2D eigenvalue weighted by Crippen LogP contribution is -2.11. The Morgan fingerprint density at radius 2 is 1.88 bits per heavy atom. The van der Waals surface area contributed by atoms with E-state index in [2.05, 4.69) is 0 Å². The van der Waals surface area contributed by atoms with Gasteiger partial charge in [0.2, 0.25) is 0 Å². The average Bonchev–Trinajstić information content (AvgIpc) is 2.16. The van der Waals surface area contributed by atoms with Crippen LogP contribution >= 0.6 is 0 Å². The molecule has 1 rings (SSSR count). The van der Waals surface area contributed by atoms with Crippen LogP contribution in [0, 0.1) is 32.1 Å². The zero-order chi connectivity index (χ0) is 12.1. The molecule has 0 saturated heterocycles. The van der Waals surface area contributed by atoms with Crippen molar-refractivity contribution in [1.29, 1.82) is 5.26 Å². The van der Waals surface area contributed by atoms with Crippen LogP contribution in [-0.4, -0.2) is 12.4 Å². The molecule has 0 amide bonds. The molecule has 0 atom stereocenters. The van der Waals surface area contributed by atoms with Gasteiger partial charge >= 0.3 is 0 Å². The first kappa shape index (κ1) is 12.3. The van der Waals surface area contributed by atoms with Crippen LogP contribution in [0.3, 0.4) is 0 Å². The van der Waals surface area contributed by atoms with Crippen molar-refractivity contribution >= 4 is 5.78 Å². The van der Waals surface area contributed by atoms with Crippen molar-refractivity contribution < 1.29 is 9.53 Å². The Bertz CT molecular complexity index is 421. The summed E-state index contributed by atoms with van der Waals surface area (Å²) < 4.78 is 5.44. The van der Waals surface area contributed by atoms with Crippen LogP contribution < -0.4 is 4.74 Å². The molecule has 0 N–H and O–H groups in total. The molecule has 0 aliphatic carbocycles. The van der Waals surface area contributed by atoms with E-state index in [0.29, 0.717) is 0 Å². The zero-order valence-electron chi connectivity index (χ0n) is 9.83. The molecule has 1 aromatic carbocycles. The first-order chi connectivity index (χ1) is 7.54. The van der Waals surface area contributed by atoms with Gasteiger partial charge in [0.1, 0.15) is 12.4 Å². The normalized spacial score (nSPS) is 9.62. The van der Waals surface area contributed by atoms with Gasteiger partial charge in [-0.1, -0.05) is 17.7 Å². The fourth-order valence-corrected chi connectivity index (χ4v) is 1.69. The standard InChI is InChI=1S/C13H15NO2/c1-9-6-10(2)13(11(3)7-9)16-8-12(15)4-5-14/h6-7H,4,8H2,1-3H3. The highest BCUT2D eigenvalue weighted by Gasteiger charge is 2.07. The van der Waals surface area contributed by atoms with Gasteiger partial charge < -0.3 is 4.74 Å². The summed E-state index contributed by atoms with van der Waals surface area (Å²) in [5.41, 5.74) is 3.20. The van der Waals surface area contributed by atoms with Crippen LogP contribution in [-0.2, 0) is 4.79 Å². The lowest BCUT2D eigenvalue weighted by molar-refractivity contribution is -0.120. The molecule has 3 nitrogen and oxygen atoms in total. The second kappa shape index (κ2) is 5.32. The number of benzene rings is 1. The van der Waals surface area contributed by atoms with Crippen molar-refractivity contribution in [3.8, 4) is 11.8 Å². The van der Waals surface area contributed by atoms with Gasteiger partial charge in [0.15, 0.2) is 5.78 Å². The van der Waals surface area contributed by atoms with E-state index in [4.69, 9.17) is 10.00 Å². The van der Waals surface area contributed by atoms with Gasteiger partial charge in [-0.2, -0.15) is 5.26 Å². The highest BCUT2D eigenvalue weighted by molar-refractivity contribution is 5.81. The Morgan fingerprint density at radius 1 is 1.31 bits per heavy atom. The number of carbonyl (C=O) groups is 1. The van der Waals surface area contributed by atoms with E-state index in [1.165, 1.54) is 5.56 Å². The summed E-state index contributed by atoms with van der Waals surface area (Å²) in [4.78, 5) is 11.2. The Hall–Kier alpha value is -1.82. The van der Waals surface area contributed by atoms with E-state index in [-0.39, 0.29) is 18.8 Å². The number of hydrogen-bond donors (Lipinski definition) is 0. The number of nitriles is 1. The molecule has 0 unspecified atom stereocenters. The number of Topliss-reactive ketones (excluding diaryl/α,β-unsaturated/α-hetero) is 1. The summed E-state index contributed by atoms with van der Waals surface area (Å²) in [5, 5.41) is 8.35. The van der Waals surface area contributed by atoms with Gasteiger partial charge in [-0.25, -0.2) is 0 Å². The molecule has 0 radical (unpaired) electrons. The molecule has 0 fully saturated rings. The van der Waals surface area contributed by atoms with E-state index >= 15 is 0 Å². The summed E-state index contributed by atoms with van der Waals surface area (Å²) in [6, 6.07) is 5.83. The summed E-state index contributed by atoms with van der Waals surface area (Å²) in [6.45, 7) is 5.89. The second-order valence-electron chi connectivity index (χ2n) is 3.89. The quantitative estimate of drug-likeness (QED) is 0.778. The number of ketones is 1. The van der Waals surface area contributed by atoms with Crippen LogP contribution in [0.25, 0.3) is 0 Å². The lowest BCUT2D eigenvalue weighted by Gasteiger charge is -2.11. The summed E-state index contributed by atoms with van der Waals surface area (Å²) in [7, 11) is 0. The Labute approximate surface area is 95.7 Å². The van der Waals surface area contributed by atoms with Crippen LogP contribution in [0.1, 0.15) is 23.1 Å². The van der Waals surface area contributed by atoms with E-state index in [1.807, 2.05) is 39.0 Å². The van der Waals surface area contributed by atoms with E-state index < -0.39 is 0 Å². The number of hydrogen-bond acceptors (Lipinski definition) is 3. The van der Waals surface area contributed by atoms with E-state index in [9.17, 15) is 4.79 Å². The minimum atomic E-state index is -0.193. The first-order valence-electron chi connectivity index (χ1n) is 5.14. The number of aryl methyl sites for hydroxylation is 3. The number of ether oxygens (including phenoxy) is 1. The van der Waals surface area contributed by atoms with Gasteiger partial charge in [-0.05, 0) is 31.9 Å². The average molecular weight is 217 g/mol. The molecule has 0 bridgehead atoms. The fraction of sp³-hybridized carbons (Fsp3) is 0.385. The van der Waals surface area contributed by atoms with Crippen LogP contribution in [0.15, 0.2) is 12.1 Å². The van der Waals surface area contributed by atoms with Crippen LogP contribution in [0.2, 0.25) is 0 Å². The van der Waals surface area contributed by atoms with Crippen molar-refractivity contribution in [3.63, 3.8) is 0 Å². The van der Waals surface area contributed by atoms with Crippen LogP contribution in [0.4, 0.5) is 0 Å². The van der Waals surface area contributed by atoms with Gasteiger partial charge in [0.05, 0.1) is 12.5 Å². The first-order valence-corrected chi connectivity index (χ1v) is 5.14. The molecule has 0 aliphatic rings. The molecule has 3 heteroatoms. The van der Waals surface area contributed by atoms with Gasteiger partial charge in [0, 0.05) is 0 Å². The SMILES string of the molecule is Cc1cc(C)c(OCC(=O)CC#N)c(C)c1. The van der Waals surface area contributed by atoms with Crippen molar-refractivity contribution in [1.82, 2.24) is 0 Å². The highest BCUT2D eigenvalue weighted by atomic mass is 16.5. The third-order valence-electron chi connectivity index (χ3n) is 2.26. The summed E-state index contributed by atoms with van der Waals surface area (Å²) in [6.07, 6.45) is -0.0933. The second-order valence-corrected chi connectivity index (χ2v) is 3.89. The van der Waals surface area contributed by atoms with Gasteiger partial charge in [-0.15, -0.1) is 0 Å². The molecule has 0 aromatic heterocycles. The minimum Gasteiger partial charge on any atom is -0.485 e. The predicted octanol–water partition coefficient (Wildman–Crippen LogP) is 2.47. The molecular formula is C13H15NO2. The third kappa shape index (κ3) is 3.09. The van der Waals surface area contributed by atoms with E-state index in [1.54, 1.807) is 0 Å². The molecule has 16 heavy (non-hydrogen) atoms. The highest BCUT2D eigenvalue weighted by Crippen LogP contribution is 2.24. The summed E-state index contributed by atoms with van der Waals surface area (Å²) in [5.74, 6) is 0.554. The molecule has 0 saturated carbocycles. The maximum absolute atomic E-state index is 11.2. The number of carbonyl (C=O) groups excluding carboxylic acids is 1. The topological polar surface area (TPSA) is 50.1 Å². The minimum absolute atomic E-state index is 0.0295. The van der Waals surface area contributed by atoms with Crippen molar-refractivity contribution in [2.45, 2.75) is 27.2 Å². The van der Waals surface area contributed by atoms with Gasteiger partial charge in [0.25, 0.3) is 0 Å². The Kier molecular flexibility index (Phi) is 4.07. The van der Waals surface area contributed by atoms with Crippen molar-refractivity contribution in [2.24, 2.45) is 0 Å². The summed E-state index contributed by atoms with van der Waals surface area (Å²) >= 11 is 0. The van der Waals surface area contributed by atoms with Crippen LogP contribution in [0.5, 0.6) is 5.75 Å². The van der Waals surface area contributed by atoms with Crippen molar-refractivity contribution in [2.75, 3.05) is 6.61 Å². The molecule has 84 valence electrons. The number of rotatable bonds is 4. The molecule has 1 aromatic rings. The Balaban J connectivity index is 2.75. The van der Waals surface area contributed by atoms with E-state index in [0.717, 1.165) is 16.9 Å². The predicted molar refractivity (Wildman–Crippen MR) is 61.4 cm³/mol.